The summed E-state index contributed by atoms with van der Waals surface area (Å²) in [5.74, 6) is -2.09. The van der Waals surface area contributed by atoms with Crippen LogP contribution in [0.3, 0.4) is 0 Å². The molecule has 1 aliphatic heterocycles. The summed E-state index contributed by atoms with van der Waals surface area (Å²) in [4.78, 5) is 37.0. The summed E-state index contributed by atoms with van der Waals surface area (Å²) in [5.41, 5.74) is -1.46. The average molecular weight is 324 g/mol. The molecule has 1 saturated carbocycles. The number of fused-ring (bicyclic) bond motifs is 1. The van der Waals surface area contributed by atoms with Gasteiger partial charge < -0.3 is 14.2 Å². The van der Waals surface area contributed by atoms with Crippen LogP contribution in [0.25, 0.3) is 0 Å². The van der Waals surface area contributed by atoms with Gasteiger partial charge in [0.25, 0.3) is 0 Å². The molecular weight excluding hydrogens is 300 g/mol. The third kappa shape index (κ3) is 2.86. The van der Waals surface area contributed by atoms with Gasteiger partial charge in [0.15, 0.2) is 5.41 Å². The first-order chi connectivity index (χ1) is 10.9. The van der Waals surface area contributed by atoms with Crippen LogP contribution in [0.5, 0.6) is 0 Å². The number of ether oxygens (including phenoxy) is 3. The van der Waals surface area contributed by atoms with Gasteiger partial charge in [0, 0.05) is 11.8 Å². The first-order valence-corrected chi connectivity index (χ1v) is 8.07. The highest BCUT2D eigenvalue weighted by molar-refractivity contribution is 6.01. The maximum Gasteiger partial charge on any atom is 0.324 e. The van der Waals surface area contributed by atoms with Crippen molar-refractivity contribution in [1.29, 1.82) is 0 Å². The molecule has 2 rings (SSSR count). The van der Waals surface area contributed by atoms with E-state index < -0.39 is 23.3 Å². The second-order valence-electron chi connectivity index (χ2n) is 6.12. The van der Waals surface area contributed by atoms with Crippen LogP contribution in [0.4, 0.5) is 0 Å². The van der Waals surface area contributed by atoms with Crippen LogP contribution < -0.4 is 0 Å². The van der Waals surface area contributed by atoms with Crippen LogP contribution in [0.2, 0.25) is 0 Å². The van der Waals surface area contributed by atoms with Gasteiger partial charge in [-0.1, -0.05) is 13.0 Å². The molecule has 23 heavy (non-hydrogen) atoms. The molecule has 2 fully saturated rings. The molecule has 0 radical (unpaired) electrons. The second kappa shape index (κ2) is 6.72. The average Bonchev–Trinajstić information content (AvgIpc) is 3.08. The minimum Gasteiger partial charge on any atom is -0.465 e. The van der Waals surface area contributed by atoms with Gasteiger partial charge in [0.05, 0.1) is 25.7 Å². The summed E-state index contributed by atoms with van der Waals surface area (Å²) in [6.07, 6.45) is 1.78. The smallest absolute Gasteiger partial charge is 0.324 e. The number of hydrogen-bond donors (Lipinski definition) is 0. The molecule has 0 aromatic carbocycles. The molecule has 1 saturated heterocycles. The van der Waals surface area contributed by atoms with Crippen LogP contribution in [0, 0.1) is 29.1 Å². The molecule has 0 N–H and O–H groups in total. The highest BCUT2D eigenvalue weighted by atomic mass is 16.6. The van der Waals surface area contributed by atoms with Crippen molar-refractivity contribution in [3.8, 4) is 0 Å². The van der Waals surface area contributed by atoms with E-state index in [1.165, 1.54) is 0 Å². The molecule has 0 aromatic heterocycles. The minimum atomic E-state index is -1.46. The molecule has 0 aromatic rings. The highest BCUT2D eigenvalue weighted by Crippen LogP contribution is 2.58. The zero-order valence-corrected chi connectivity index (χ0v) is 13.9. The Morgan fingerprint density at radius 1 is 1.35 bits per heavy atom. The van der Waals surface area contributed by atoms with Crippen molar-refractivity contribution in [3.05, 3.63) is 12.7 Å². The van der Waals surface area contributed by atoms with E-state index in [1.54, 1.807) is 26.8 Å². The van der Waals surface area contributed by atoms with Crippen LogP contribution in [-0.4, -0.2) is 37.7 Å². The van der Waals surface area contributed by atoms with Gasteiger partial charge in [-0.05, 0) is 26.2 Å². The van der Waals surface area contributed by atoms with Crippen molar-refractivity contribution in [2.45, 2.75) is 27.2 Å². The number of rotatable bonds is 8. The monoisotopic (exact) mass is 324 g/mol. The Hall–Kier alpha value is -1.85. The second-order valence-corrected chi connectivity index (χ2v) is 6.12. The molecule has 2 aliphatic rings. The number of cyclic esters (lactones) is 1. The molecule has 1 aliphatic carbocycles. The van der Waals surface area contributed by atoms with E-state index in [-0.39, 0.29) is 43.4 Å². The molecule has 1 heterocycles. The minimum absolute atomic E-state index is 0.0486. The lowest BCUT2D eigenvalue weighted by Crippen LogP contribution is -2.47. The number of hydrogen-bond acceptors (Lipinski definition) is 6. The molecule has 6 heteroatoms. The van der Waals surface area contributed by atoms with E-state index in [4.69, 9.17) is 14.2 Å². The molecule has 4 unspecified atom stereocenters. The molecule has 4 atom stereocenters. The van der Waals surface area contributed by atoms with E-state index in [0.29, 0.717) is 6.61 Å². The highest BCUT2D eigenvalue weighted by Gasteiger charge is 2.66. The van der Waals surface area contributed by atoms with E-state index in [1.807, 2.05) is 0 Å². The van der Waals surface area contributed by atoms with Gasteiger partial charge in [0.2, 0.25) is 0 Å². The Bertz CT molecular complexity index is 493. The molecular formula is C17H24O6. The topological polar surface area (TPSA) is 78.9 Å². The molecule has 128 valence electrons. The van der Waals surface area contributed by atoms with Gasteiger partial charge in [-0.3, -0.25) is 14.4 Å². The summed E-state index contributed by atoms with van der Waals surface area (Å²) < 4.78 is 15.3. The zero-order valence-electron chi connectivity index (χ0n) is 13.9. The molecule has 0 spiro atoms. The standard InChI is InChI=1S/C17H24O6/c1-5-10(4)17(15(19)21-6-2,16(20)22-7-3)8-11-12-9-23-14(18)13(11)12/h5,10-13H,1,6-9H2,2-4H3. The number of allylic oxidation sites excluding steroid dienone is 1. The fourth-order valence-electron chi connectivity index (χ4n) is 3.48. The van der Waals surface area contributed by atoms with Crippen molar-refractivity contribution >= 4 is 17.9 Å². The van der Waals surface area contributed by atoms with Gasteiger partial charge in [-0.25, -0.2) is 0 Å². The van der Waals surface area contributed by atoms with Crippen molar-refractivity contribution < 1.29 is 28.6 Å². The number of esters is 3. The maximum absolute atomic E-state index is 12.7. The Labute approximate surface area is 136 Å². The predicted octanol–water partition coefficient (Wildman–Crippen LogP) is 1.73. The lowest BCUT2D eigenvalue weighted by Gasteiger charge is -2.33. The SMILES string of the molecule is C=CC(C)C(CC1C2COC(=O)C21)(C(=O)OCC)C(=O)OCC. The lowest BCUT2D eigenvalue weighted by molar-refractivity contribution is -0.177. The normalized spacial score (nSPS) is 26.7. The first kappa shape index (κ1) is 17.5. The zero-order chi connectivity index (χ0) is 17.2. The first-order valence-electron chi connectivity index (χ1n) is 8.07. The van der Waals surface area contributed by atoms with Crippen molar-refractivity contribution in [2.75, 3.05) is 19.8 Å². The predicted molar refractivity (Wildman–Crippen MR) is 81.1 cm³/mol. The van der Waals surface area contributed by atoms with E-state index in [9.17, 15) is 14.4 Å². The van der Waals surface area contributed by atoms with Crippen LogP contribution >= 0.6 is 0 Å². The van der Waals surface area contributed by atoms with Gasteiger partial charge in [-0.2, -0.15) is 0 Å². The molecule has 0 bridgehead atoms. The van der Waals surface area contributed by atoms with Crippen LogP contribution in [0.1, 0.15) is 27.2 Å². The fraction of sp³-hybridized carbons (Fsp3) is 0.706. The van der Waals surface area contributed by atoms with E-state index >= 15 is 0 Å². The van der Waals surface area contributed by atoms with Gasteiger partial charge in [0.1, 0.15) is 0 Å². The van der Waals surface area contributed by atoms with Gasteiger partial charge >= 0.3 is 17.9 Å². The summed E-state index contributed by atoms with van der Waals surface area (Å²) in [5, 5.41) is 0. The van der Waals surface area contributed by atoms with E-state index in [0.717, 1.165) is 0 Å². The summed E-state index contributed by atoms with van der Waals surface area (Å²) in [6, 6.07) is 0. The Morgan fingerprint density at radius 2 is 1.91 bits per heavy atom. The van der Waals surface area contributed by atoms with Crippen molar-refractivity contribution in [2.24, 2.45) is 29.1 Å². The Kier molecular flexibility index (Phi) is 5.12. The van der Waals surface area contributed by atoms with Crippen molar-refractivity contribution in [1.82, 2.24) is 0 Å². The Morgan fingerprint density at radius 3 is 2.30 bits per heavy atom. The maximum atomic E-state index is 12.7. The van der Waals surface area contributed by atoms with Crippen molar-refractivity contribution in [3.63, 3.8) is 0 Å². The summed E-state index contributed by atoms with van der Waals surface area (Å²) in [6.45, 7) is 9.55. The van der Waals surface area contributed by atoms with E-state index in [2.05, 4.69) is 6.58 Å². The number of carbonyl (C=O) groups is 3. The van der Waals surface area contributed by atoms with Crippen LogP contribution in [0.15, 0.2) is 12.7 Å². The third-order valence-electron chi connectivity index (χ3n) is 4.99. The quantitative estimate of drug-likeness (QED) is 0.293. The largest absolute Gasteiger partial charge is 0.465 e. The number of carbonyl (C=O) groups excluding carboxylic acids is 3. The summed E-state index contributed by atoms with van der Waals surface area (Å²) >= 11 is 0. The fourth-order valence-corrected chi connectivity index (χ4v) is 3.48. The van der Waals surface area contributed by atoms with Crippen LogP contribution in [-0.2, 0) is 28.6 Å². The Balaban J connectivity index is 2.31. The summed E-state index contributed by atoms with van der Waals surface area (Å²) in [7, 11) is 0. The molecule has 6 nitrogen and oxygen atoms in total. The molecule has 0 amide bonds. The third-order valence-corrected chi connectivity index (χ3v) is 4.99. The lowest BCUT2D eigenvalue weighted by atomic mass is 9.71. The van der Waals surface area contributed by atoms with Gasteiger partial charge in [-0.15, -0.1) is 6.58 Å².